The molecule has 0 saturated heterocycles. The molecule has 5 rings (SSSR count). The van der Waals surface area contributed by atoms with Gasteiger partial charge >= 0.3 is 5.97 Å². The molecule has 0 bridgehead atoms. The van der Waals surface area contributed by atoms with Crippen molar-refractivity contribution in [1.29, 1.82) is 0 Å². The van der Waals surface area contributed by atoms with E-state index in [-0.39, 0.29) is 35.0 Å². The van der Waals surface area contributed by atoms with Gasteiger partial charge in [-0.3, -0.25) is 29.8 Å². The number of amides is 1. The Labute approximate surface area is 238 Å². The molecule has 4 aromatic carbocycles. The Morgan fingerprint density at radius 3 is 2.00 bits per heavy atom. The number of hydrogen-bond donors (Lipinski definition) is 2. The Bertz CT molecular complexity index is 1640. The van der Waals surface area contributed by atoms with Gasteiger partial charge in [0.15, 0.2) is 0 Å². The van der Waals surface area contributed by atoms with E-state index in [1.54, 1.807) is 12.1 Å². The van der Waals surface area contributed by atoms with Crippen molar-refractivity contribution in [3.05, 3.63) is 116 Å². The molecule has 0 radical (unpaired) electrons. The van der Waals surface area contributed by atoms with Crippen molar-refractivity contribution in [2.45, 2.75) is 12.8 Å². The van der Waals surface area contributed by atoms with Gasteiger partial charge in [-0.1, -0.05) is 0 Å². The molecule has 4 aromatic rings. The number of nitrogens with one attached hydrogen (secondary N) is 1. The molecule has 1 aliphatic heterocycles. The van der Waals surface area contributed by atoms with Crippen LogP contribution in [0.15, 0.2) is 84.9 Å². The number of methoxy groups -OCH3 is 1. The summed E-state index contributed by atoms with van der Waals surface area (Å²) < 4.78 is 15.7. The standard InChI is InChI=1S/C15H12N2O7.C14H12N2O2/c1-23-15(18)9-10-8-13(6-7-14(10)17(21)22)24-12-4-2-11(3-5-12)16(19)20;15-10-1-3-11(4-2-10)18-12-5-6-13-9(7-12)8-14(17)16-13/h2-8H,9H2,1H3;1-7H,8,15H2,(H,16,17). The van der Waals surface area contributed by atoms with Crippen LogP contribution in [0.4, 0.5) is 22.7 Å². The predicted molar refractivity (Wildman–Crippen MR) is 152 cm³/mol. The Kier molecular flexibility index (Phi) is 8.92. The maximum atomic E-state index is 11.4. The zero-order valence-electron chi connectivity index (χ0n) is 22.1. The van der Waals surface area contributed by atoms with E-state index in [9.17, 15) is 29.8 Å². The molecule has 42 heavy (non-hydrogen) atoms. The lowest BCUT2D eigenvalue weighted by atomic mass is 10.1. The SMILES string of the molecule is COC(=O)Cc1cc(Oc2ccc([N+](=O)[O-])cc2)ccc1[N+](=O)[O-].Nc1ccc(Oc2ccc3c(c2)CC(=O)N3)cc1. The summed E-state index contributed by atoms with van der Waals surface area (Å²) in [5.41, 5.74) is 7.97. The summed E-state index contributed by atoms with van der Waals surface area (Å²) in [7, 11) is 1.19. The van der Waals surface area contributed by atoms with Gasteiger partial charge in [0.25, 0.3) is 11.4 Å². The van der Waals surface area contributed by atoms with E-state index in [1.807, 2.05) is 30.3 Å². The van der Waals surface area contributed by atoms with Gasteiger partial charge in [0.2, 0.25) is 5.91 Å². The van der Waals surface area contributed by atoms with Crippen molar-refractivity contribution in [2.75, 3.05) is 18.2 Å². The van der Waals surface area contributed by atoms with Crippen molar-refractivity contribution in [2.24, 2.45) is 0 Å². The molecular formula is C29H24N4O9. The second-order valence-electron chi connectivity index (χ2n) is 8.87. The number of carbonyl (C=O) groups excluding carboxylic acids is 2. The van der Waals surface area contributed by atoms with Crippen LogP contribution in [0.1, 0.15) is 11.1 Å². The highest BCUT2D eigenvalue weighted by atomic mass is 16.6. The van der Waals surface area contributed by atoms with Gasteiger partial charge in [-0.25, -0.2) is 0 Å². The number of rotatable bonds is 8. The zero-order valence-corrected chi connectivity index (χ0v) is 22.1. The molecule has 0 atom stereocenters. The summed E-state index contributed by atoms with van der Waals surface area (Å²) in [6, 6.07) is 22.1. The molecular weight excluding hydrogens is 548 g/mol. The molecule has 0 aromatic heterocycles. The van der Waals surface area contributed by atoms with E-state index < -0.39 is 15.8 Å². The average molecular weight is 573 g/mol. The third-order valence-electron chi connectivity index (χ3n) is 5.91. The lowest BCUT2D eigenvalue weighted by Crippen LogP contribution is -2.07. The molecule has 3 N–H and O–H groups in total. The Hall–Kier alpha value is -5.98. The van der Waals surface area contributed by atoms with Crippen LogP contribution in [-0.2, 0) is 27.2 Å². The van der Waals surface area contributed by atoms with Gasteiger partial charge in [-0.05, 0) is 72.3 Å². The number of nitrogens with zero attached hydrogens (tertiary/aromatic N) is 2. The minimum atomic E-state index is -0.620. The number of ether oxygens (including phenoxy) is 3. The molecule has 0 unspecified atom stereocenters. The first-order chi connectivity index (χ1) is 20.1. The van der Waals surface area contributed by atoms with E-state index in [0.29, 0.717) is 17.9 Å². The number of nitrogen functional groups attached to an aromatic ring is 1. The van der Waals surface area contributed by atoms with Crippen LogP contribution in [0, 0.1) is 20.2 Å². The lowest BCUT2D eigenvalue weighted by Gasteiger charge is -2.08. The fraction of sp³-hybridized carbons (Fsp3) is 0.103. The number of nitrogens with two attached hydrogens (primary N) is 1. The van der Waals surface area contributed by atoms with Gasteiger partial charge in [0, 0.05) is 35.1 Å². The number of nitro groups is 2. The van der Waals surface area contributed by atoms with E-state index in [0.717, 1.165) is 22.7 Å². The molecule has 0 spiro atoms. The molecule has 1 aliphatic rings. The smallest absolute Gasteiger partial charge is 0.310 e. The number of non-ortho nitro benzene ring substituents is 1. The molecule has 214 valence electrons. The van der Waals surface area contributed by atoms with Gasteiger partial charge in [0.1, 0.15) is 23.0 Å². The van der Waals surface area contributed by atoms with Crippen LogP contribution in [0.2, 0.25) is 0 Å². The summed E-state index contributed by atoms with van der Waals surface area (Å²) in [5, 5.41) is 24.4. The van der Waals surface area contributed by atoms with Crippen molar-refractivity contribution < 1.29 is 33.6 Å². The first-order valence-corrected chi connectivity index (χ1v) is 12.3. The van der Waals surface area contributed by atoms with Gasteiger partial charge in [-0.2, -0.15) is 0 Å². The van der Waals surface area contributed by atoms with Crippen LogP contribution in [0.25, 0.3) is 0 Å². The number of fused-ring (bicyclic) bond motifs is 1. The van der Waals surface area contributed by atoms with Gasteiger partial charge < -0.3 is 25.3 Å². The summed E-state index contributed by atoms with van der Waals surface area (Å²) in [4.78, 5) is 43.1. The van der Waals surface area contributed by atoms with Crippen LogP contribution in [0.5, 0.6) is 23.0 Å². The largest absolute Gasteiger partial charge is 0.469 e. The molecule has 1 heterocycles. The fourth-order valence-electron chi connectivity index (χ4n) is 3.89. The first kappa shape index (κ1) is 29.0. The van der Waals surface area contributed by atoms with Crippen molar-refractivity contribution in [3.8, 4) is 23.0 Å². The quantitative estimate of drug-likeness (QED) is 0.117. The van der Waals surface area contributed by atoms with Crippen molar-refractivity contribution >= 4 is 34.6 Å². The van der Waals surface area contributed by atoms with Gasteiger partial charge in [-0.15, -0.1) is 0 Å². The molecule has 0 fully saturated rings. The minimum Gasteiger partial charge on any atom is -0.469 e. The highest BCUT2D eigenvalue weighted by molar-refractivity contribution is 5.99. The highest BCUT2D eigenvalue weighted by Crippen LogP contribution is 2.31. The minimum absolute atomic E-state index is 0.0228. The maximum absolute atomic E-state index is 11.4. The first-order valence-electron chi connectivity index (χ1n) is 12.3. The summed E-state index contributed by atoms with van der Waals surface area (Å²) in [6.45, 7) is 0. The number of nitro benzene ring substituents is 2. The third-order valence-corrected chi connectivity index (χ3v) is 5.91. The lowest BCUT2D eigenvalue weighted by molar-refractivity contribution is -0.385. The Morgan fingerprint density at radius 1 is 0.833 bits per heavy atom. The monoisotopic (exact) mass is 572 g/mol. The molecule has 13 nitrogen and oxygen atoms in total. The predicted octanol–water partition coefficient (Wildman–Crippen LogP) is 5.57. The molecule has 1 amide bonds. The second kappa shape index (κ2) is 12.9. The molecule has 13 heteroatoms. The van der Waals surface area contributed by atoms with E-state index in [4.69, 9.17) is 15.2 Å². The number of benzene rings is 4. The average Bonchev–Trinajstić information content (AvgIpc) is 3.34. The third kappa shape index (κ3) is 7.57. The van der Waals surface area contributed by atoms with Crippen LogP contribution in [-0.4, -0.2) is 28.8 Å². The molecule has 0 saturated carbocycles. The number of esters is 1. The number of carbonyl (C=O) groups is 2. The maximum Gasteiger partial charge on any atom is 0.310 e. The van der Waals surface area contributed by atoms with Crippen LogP contribution in [0.3, 0.4) is 0 Å². The Morgan fingerprint density at radius 2 is 1.40 bits per heavy atom. The summed E-state index contributed by atoms with van der Waals surface area (Å²) in [6.07, 6.45) is 0.137. The summed E-state index contributed by atoms with van der Waals surface area (Å²) in [5.74, 6) is 1.42. The topological polar surface area (TPSA) is 186 Å². The fourth-order valence-corrected chi connectivity index (χ4v) is 3.89. The second-order valence-corrected chi connectivity index (χ2v) is 8.87. The number of anilines is 2. The van der Waals surface area contributed by atoms with Crippen molar-refractivity contribution in [1.82, 2.24) is 0 Å². The van der Waals surface area contributed by atoms with Crippen LogP contribution >= 0.6 is 0 Å². The normalized spacial score (nSPS) is 11.3. The number of hydrogen-bond acceptors (Lipinski definition) is 10. The van der Waals surface area contributed by atoms with Crippen LogP contribution < -0.4 is 20.5 Å². The van der Waals surface area contributed by atoms with Gasteiger partial charge in [0.05, 0.1) is 29.8 Å². The van der Waals surface area contributed by atoms with E-state index in [2.05, 4.69) is 10.1 Å². The van der Waals surface area contributed by atoms with Crippen molar-refractivity contribution in [3.63, 3.8) is 0 Å². The molecule has 0 aliphatic carbocycles. The van der Waals surface area contributed by atoms with E-state index >= 15 is 0 Å². The Balaban J connectivity index is 0.000000200. The summed E-state index contributed by atoms with van der Waals surface area (Å²) >= 11 is 0. The van der Waals surface area contributed by atoms with E-state index in [1.165, 1.54) is 49.6 Å². The highest BCUT2D eigenvalue weighted by Gasteiger charge is 2.19. The zero-order chi connectivity index (χ0) is 30.2.